The number of carbonyl (C=O) groups excluding carboxylic acids is 2. The predicted octanol–water partition coefficient (Wildman–Crippen LogP) is 5.15. The van der Waals surface area contributed by atoms with Gasteiger partial charge in [0.05, 0.1) is 22.2 Å². The zero-order valence-electron chi connectivity index (χ0n) is 13.5. The number of esters is 2. The van der Waals surface area contributed by atoms with Crippen molar-refractivity contribution in [3.63, 3.8) is 0 Å². The lowest BCUT2D eigenvalue weighted by molar-refractivity contribution is -0.131. The maximum absolute atomic E-state index is 11.4. The second-order valence-electron chi connectivity index (χ2n) is 4.89. The number of halogens is 2. The second kappa shape index (κ2) is 10.5. The fraction of sp³-hybridized carbons (Fsp3) is 0.500. The molecule has 0 unspecified atom stereocenters. The molecule has 0 amide bonds. The van der Waals surface area contributed by atoms with Crippen molar-refractivity contribution in [3.05, 3.63) is 27.7 Å². The van der Waals surface area contributed by atoms with Crippen molar-refractivity contribution in [1.29, 1.82) is 0 Å². The molecule has 1 rings (SSSR count). The van der Waals surface area contributed by atoms with Crippen LogP contribution in [0, 0.1) is 5.92 Å². The van der Waals surface area contributed by atoms with Crippen LogP contribution in [0.25, 0.3) is 0 Å². The number of hydrogen-bond donors (Lipinski definition) is 0. The zero-order chi connectivity index (χ0) is 17.3. The van der Waals surface area contributed by atoms with Gasteiger partial charge in [-0.3, -0.25) is 4.79 Å². The Bertz CT molecular complexity index is 490. The summed E-state index contributed by atoms with van der Waals surface area (Å²) in [4.78, 5) is 22.2. The van der Waals surface area contributed by atoms with Crippen molar-refractivity contribution in [3.8, 4) is 5.75 Å². The summed E-state index contributed by atoms with van der Waals surface area (Å²) in [5.74, 6) is -0.160. The van der Waals surface area contributed by atoms with Gasteiger partial charge in [-0.2, -0.15) is 0 Å². The van der Waals surface area contributed by atoms with Crippen LogP contribution in [-0.2, 0) is 9.53 Å². The summed E-state index contributed by atoms with van der Waals surface area (Å²) in [6, 6.07) is 2.67. The monoisotopic (exact) mass is 348 g/mol. The number of hydrogen-bond acceptors (Lipinski definition) is 4. The lowest BCUT2D eigenvalue weighted by Crippen LogP contribution is -2.07. The number of carbonyl (C=O) groups is 2. The summed E-state index contributed by atoms with van der Waals surface area (Å²) in [6.07, 6.45) is 1.31. The largest absolute Gasteiger partial charge is 0.462 e. The Hall–Kier alpha value is -1.26. The molecule has 0 aliphatic rings. The molecule has 124 valence electrons. The van der Waals surface area contributed by atoms with E-state index >= 15 is 0 Å². The molecule has 0 spiro atoms. The van der Waals surface area contributed by atoms with E-state index in [9.17, 15) is 9.59 Å². The Morgan fingerprint density at radius 2 is 1.59 bits per heavy atom. The highest BCUT2D eigenvalue weighted by molar-refractivity contribution is 6.37. The summed E-state index contributed by atoms with van der Waals surface area (Å²) in [7, 11) is 0. The van der Waals surface area contributed by atoms with Gasteiger partial charge in [0.25, 0.3) is 0 Å². The van der Waals surface area contributed by atoms with Crippen LogP contribution in [0.3, 0.4) is 0 Å². The summed E-state index contributed by atoms with van der Waals surface area (Å²) in [5.41, 5.74) is 0.206. The van der Waals surface area contributed by atoms with E-state index < -0.39 is 11.9 Å². The maximum Gasteiger partial charge on any atom is 0.338 e. The smallest absolute Gasteiger partial charge is 0.338 e. The standard InChI is InChI=1S/C11H10Cl2O4.C5H12/c1-3-16-11(15)7-4-8(12)10(9(13)5-7)17-6(2)14;1-4-5(2)3/h4-5H,3H2,1-2H3;5H,4H2,1-3H3. The van der Waals surface area contributed by atoms with Gasteiger partial charge in [-0.05, 0) is 25.0 Å². The Morgan fingerprint density at radius 1 is 1.14 bits per heavy atom. The molecule has 0 radical (unpaired) electrons. The van der Waals surface area contributed by atoms with E-state index in [1.54, 1.807) is 6.92 Å². The van der Waals surface area contributed by atoms with Crippen LogP contribution in [0.4, 0.5) is 0 Å². The Kier molecular flexibility index (Phi) is 9.86. The highest BCUT2D eigenvalue weighted by Crippen LogP contribution is 2.34. The summed E-state index contributed by atoms with van der Waals surface area (Å²) in [5, 5.41) is 0.159. The Balaban J connectivity index is 0.000000763. The van der Waals surface area contributed by atoms with E-state index in [-0.39, 0.29) is 28.0 Å². The van der Waals surface area contributed by atoms with Crippen LogP contribution >= 0.6 is 23.2 Å². The average Bonchev–Trinajstić information content (AvgIpc) is 2.43. The molecule has 0 N–H and O–H groups in total. The van der Waals surface area contributed by atoms with Gasteiger partial charge >= 0.3 is 11.9 Å². The normalized spacial score (nSPS) is 9.82. The van der Waals surface area contributed by atoms with E-state index in [1.807, 2.05) is 0 Å². The molecule has 0 heterocycles. The average molecular weight is 349 g/mol. The van der Waals surface area contributed by atoms with Crippen LogP contribution < -0.4 is 4.74 Å². The molecule has 0 fully saturated rings. The molecule has 4 nitrogen and oxygen atoms in total. The molecule has 0 aromatic heterocycles. The zero-order valence-corrected chi connectivity index (χ0v) is 15.0. The van der Waals surface area contributed by atoms with Gasteiger partial charge in [0.1, 0.15) is 0 Å². The van der Waals surface area contributed by atoms with E-state index in [4.69, 9.17) is 32.7 Å². The fourth-order valence-corrected chi connectivity index (χ4v) is 1.70. The topological polar surface area (TPSA) is 52.6 Å². The van der Waals surface area contributed by atoms with Gasteiger partial charge < -0.3 is 9.47 Å². The molecule has 6 heteroatoms. The second-order valence-corrected chi connectivity index (χ2v) is 5.70. The third kappa shape index (κ3) is 7.66. The quantitative estimate of drug-likeness (QED) is 0.557. The van der Waals surface area contributed by atoms with Gasteiger partial charge in [-0.25, -0.2) is 4.79 Å². The first-order valence-electron chi connectivity index (χ1n) is 7.07. The molecule has 0 bridgehead atoms. The third-order valence-corrected chi connectivity index (χ3v) is 3.13. The lowest BCUT2D eigenvalue weighted by atomic mass is 10.2. The van der Waals surface area contributed by atoms with Crippen LogP contribution in [-0.4, -0.2) is 18.5 Å². The van der Waals surface area contributed by atoms with Crippen molar-refractivity contribution < 1.29 is 19.1 Å². The molecule has 0 saturated carbocycles. The van der Waals surface area contributed by atoms with E-state index in [1.165, 1.54) is 25.5 Å². The van der Waals surface area contributed by atoms with Crippen molar-refractivity contribution in [2.75, 3.05) is 6.61 Å². The summed E-state index contributed by atoms with van der Waals surface area (Å²) in [6.45, 7) is 9.81. The van der Waals surface area contributed by atoms with Gasteiger partial charge in [-0.1, -0.05) is 50.4 Å². The number of ether oxygens (including phenoxy) is 2. The highest BCUT2D eigenvalue weighted by atomic mass is 35.5. The SMILES string of the molecule is CCC(C)C.CCOC(=O)c1cc(Cl)c(OC(C)=O)c(Cl)c1. The van der Waals surface area contributed by atoms with Crippen LogP contribution in [0.5, 0.6) is 5.75 Å². The summed E-state index contributed by atoms with van der Waals surface area (Å²) >= 11 is 11.7. The molecule has 0 aliphatic heterocycles. The molecule has 0 atom stereocenters. The summed E-state index contributed by atoms with van der Waals surface area (Å²) < 4.78 is 9.61. The minimum absolute atomic E-state index is 0.0360. The predicted molar refractivity (Wildman–Crippen MR) is 88.9 cm³/mol. The molecule has 1 aromatic rings. The van der Waals surface area contributed by atoms with E-state index in [2.05, 4.69) is 20.8 Å². The molecular formula is C16H22Cl2O4. The van der Waals surface area contributed by atoms with Crippen molar-refractivity contribution >= 4 is 35.1 Å². The van der Waals surface area contributed by atoms with Crippen molar-refractivity contribution in [2.24, 2.45) is 5.92 Å². The van der Waals surface area contributed by atoms with Gasteiger partial charge in [0.15, 0.2) is 5.75 Å². The van der Waals surface area contributed by atoms with Crippen LogP contribution in [0.1, 0.15) is 51.4 Å². The van der Waals surface area contributed by atoms with Gasteiger partial charge in [0.2, 0.25) is 0 Å². The minimum atomic E-state index is -0.544. The van der Waals surface area contributed by atoms with Crippen molar-refractivity contribution in [1.82, 2.24) is 0 Å². The lowest BCUT2D eigenvalue weighted by Gasteiger charge is -2.08. The Morgan fingerprint density at radius 3 is 1.91 bits per heavy atom. The molecular weight excluding hydrogens is 327 g/mol. The molecule has 1 aromatic carbocycles. The molecule has 0 saturated heterocycles. The number of benzene rings is 1. The minimum Gasteiger partial charge on any atom is -0.462 e. The first kappa shape index (κ1) is 20.7. The van der Waals surface area contributed by atoms with Gasteiger partial charge in [-0.15, -0.1) is 0 Å². The Labute approximate surface area is 141 Å². The third-order valence-electron chi connectivity index (χ3n) is 2.57. The molecule has 22 heavy (non-hydrogen) atoms. The highest BCUT2D eigenvalue weighted by Gasteiger charge is 2.15. The van der Waals surface area contributed by atoms with Crippen LogP contribution in [0.2, 0.25) is 10.0 Å². The van der Waals surface area contributed by atoms with E-state index in [0.717, 1.165) is 5.92 Å². The maximum atomic E-state index is 11.4. The van der Waals surface area contributed by atoms with Gasteiger partial charge in [0, 0.05) is 6.92 Å². The van der Waals surface area contributed by atoms with E-state index in [0.29, 0.717) is 0 Å². The first-order valence-corrected chi connectivity index (χ1v) is 7.83. The fourth-order valence-electron chi connectivity index (χ4n) is 1.13. The van der Waals surface area contributed by atoms with Crippen LogP contribution in [0.15, 0.2) is 12.1 Å². The molecule has 0 aliphatic carbocycles. The van der Waals surface area contributed by atoms with Crippen molar-refractivity contribution in [2.45, 2.75) is 41.0 Å². The number of rotatable bonds is 4. The first-order chi connectivity index (χ1) is 10.2.